The van der Waals surface area contributed by atoms with Crippen molar-refractivity contribution in [3.63, 3.8) is 0 Å². The zero-order valence-corrected chi connectivity index (χ0v) is 12.9. The number of ether oxygens (including phenoxy) is 1. The topological polar surface area (TPSA) is 21.3 Å². The average Bonchev–Trinajstić information content (AvgIpc) is 2.84. The van der Waals surface area contributed by atoms with Crippen LogP contribution in [0.1, 0.15) is 18.4 Å². The smallest absolute Gasteiger partial charge is 0.0495 e. The summed E-state index contributed by atoms with van der Waals surface area (Å²) in [6.07, 6.45) is 3.31. The van der Waals surface area contributed by atoms with Crippen LogP contribution in [0.25, 0.3) is 0 Å². The molecule has 1 saturated heterocycles. The largest absolute Gasteiger partial charge is 0.381 e. The molecule has 1 aromatic carbocycles. The Kier molecular flexibility index (Phi) is 5.49. The molecule has 2 unspecified atom stereocenters. The Morgan fingerprint density at radius 1 is 1.56 bits per heavy atom. The van der Waals surface area contributed by atoms with Gasteiger partial charge in [0.25, 0.3) is 0 Å². The molecule has 100 valence electrons. The zero-order chi connectivity index (χ0) is 13.0. The van der Waals surface area contributed by atoms with Crippen molar-refractivity contribution in [3.8, 4) is 0 Å². The fourth-order valence-corrected chi connectivity index (χ4v) is 3.18. The molecule has 2 nitrogen and oxygen atoms in total. The van der Waals surface area contributed by atoms with Crippen molar-refractivity contribution in [2.45, 2.75) is 25.3 Å². The van der Waals surface area contributed by atoms with Crippen LogP contribution in [0.15, 0.2) is 22.7 Å². The fourth-order valence-electron chi connectivity index (χ4n) is 2.43. The van der Waals surface area contributed by atoms with Gasteiger partial charge in [0.2, 0.25) is 0 Å². The van der Waals surface area contributed by atoms with Gasteiger partial charge in [0, 0.05) is 28.8 Å². The van der Waals surface area contributed by atoms with E-state index in [1.54, 1.807) is 0 Å². The van der Waals surface area contributed by atoms with Crippen LogP contribution in [0.5, 0.6) is 0 Å². The molecule has 1 heterocycles. The quantitative estimate of drug-likeness (QED) is 0.888. The summed E-state index contributed by atoms with van der Waals surface area (Å²) in [6.45, 7) is 1.83. The third-order valence-electron chi connectivity index (χ3n) is 3.53. The Hall–Kier alpha value is -0.0900. The Morgan fingerprint density at radius 2 is 2.39 bits per heavy atom. The summed E-state index contributed by atoms with van der Waals surface area (Å²) >= 11 is 9.70. The van der Waals surface area contributed by atoms with Gasteiger partial charge < -0.3 is 10.1 Å². The lowest BCUT2D eigenvalue weighted by Crippen LogP contribution is -2.30. The van der Waals surface area contributed by atoms with E-state index in [0.29, 0.717) is 12.0 Å². The molecule has 1 aliphatic rings. The van der Waals surface area contributed by atoms with Crippen LogP contribution in [0.4, 0.5) is 0 Å². The van der Waals surface area contributed by atoms with Crippen molar-refractivity contribution < 1.29 is 4.74 Å². The first kappa shape index (κ1) is 14.3. The summed E-state index contributed by atoms with van der Waals surface area (Å²) in [5.41, 5.74) is 1.21. The monoisotopic (exact) mass is 331 g/mol. The lowest BCUT2D eigenvalue weighted by atomic mass is 9.94. The minimum atomic E-state index is 0.468. The number of rotatable bonds is 5. The Balaban J connectivity index is 1.96. The molecule has 0 saturated carbocycles. The molecule has 18 heavy (non-hydrogen) atoms. The molecular weight excluding hydrogens is 314 g/mol. The molecule has 0 aliphatic carbocycles. The first-order chi connectivity index (χ1) is 8.69. The number of nitrogens with one attached hydrogen (secondary N) is 1. The normalized spacial score (nSPS) is 21.2. The molecule has 2 rings (SSSR count). The molecule has 0 aromatic heterocycles. The van der Waals surface area contributed by atoms with Gasteiger partial charge >= 0.3 is 0 Å². The average molecular weight is 333 g/mol. The predicted octanol–water partition coefficient (Wildman–Crippen LogP) is 3.66. The van der Waals surface area contributed by atoms with Gasteiger partial charge in [-0.3, -0.25) is 0 Å². The van der Waals surface area contributed by atoms with Gasteiger partial charge in [0.1, 0.15) is 0 Å². The van der Waals surface area contributed by atoms with Gasteiger partial charge in [-0.25, -0.2) is 0 Å². The molecule has 0 radical (unpaired) electrons. The number of hydrogen-bond donors (Lipinski definition) is 1. The highest BCUT2D eigenvalue weighted by atomic mass is 79.9. The van der Waals surface area contributed by atoms with E-state index in [-0.39, 0.29) is 0 Å². The van der Waals surface area contributed by atoms with E-state index in [0.717, 1.165) is 35.6 Å². The SMILES string of the molecule is CNC(Cc1ccc(Br)cc1Cl)CC1CCOC1. The molecular formula is C14H19BrClNO. The molecule has 1 aliphatic heterocycles. The van der Waals surface area contributed by atoms with E-state index in [9.17, 15) is 0 Å². The second-order valence-electron chi connectivity index (χ2n) is 4.89. The molecule has 1 aromatic rings. The van der Waals surface area contributed by atoms with Crippen molar-refractivity contribution >= 4 is 27.5 Å². The summed E-state index contributed by atoms with van der Waals surface area (Å²) in [5, 5.41) is 4.23. The number of hydrogen-bond acceptors (Lipinski definition) is 2. The molecule has 0 bridgehead atoms. The van der Waals surface area contributed by atoms with Crippen LogP contribution in [0.2, 0.25) is 5.02 Å². The van der Waals surface area contributed by atoms with Crippen LogP contribution in [0, 0.1) is 5.92 Å². The Bertz CT molecular complexity index is 393. The summed E-state index contributed by atoms with van der Waals surface area (Å²) in [5.74, 6) is 0.691. The Morgan fingerprint density at radius 3 is 3.00 bits per heavy atom. The molecule has 2 atom stereocenters. The van der Waals surface area contributed by atoms with E-state index >= 15 is 0 Å². The highest BCUT2D eigenvalue weighted by Crippen LogP contribution is 2.25. The van der Waals surface area contributed by atoms with Crippen molar-refractivity contribution in [1.82, 2.24) is 5.32 Å². The molecule has 1 N–H and O–H groups in total. The van der Waals surface area contributed by atoms with Gasteiger partial charge in [0.05, 0.1) is 0 Å². The first-order valence-electron chi connectivity index (χ1n) is 6.38. The first-order valence-corrected chi connectivity index (χ1v) is 7.55. The second-order valence-corrected chi connectivity index (χ2v) is 6.21. The summed E-state index contributed by atoms with van der Waals surface area (Å²) < 4.78 is 6.46. The van der Waals surface area contributed by atoms with Gasteiger partial charge in [-0.1, -0.05) is 33.6 Å². The summed E-state index contributed by atoms with van der Waals surface area (Å²) in [6, 6.07) is 6.58. The number of benzene rings is 1. The standard InChI is InChI=1S/C14H19BrClNO/c1-17-13(6-10-4-5-18-9-10)7-11-2-3-12(15)8-14(11)16/h2-3,8,10,13,17H,4-7,9H2,1H3. The summed E-state index contributed by atoms with van der Waals surface area (Å²) in [4.78, 5) is 0. The highest BCUT2D eigenvalue weighted by Gasteiger charge is 2.20. The van der Waals surface area contributed by atoms with Gasteiger partial charge in [0.15, 0.2) is 0 Å². The molecule has 0 spiro atoms. The van der Waals surface area contributed by atoms with Crippen LogP contribution in [0.3, 0.4) is 0 Å². The number of halogens is 2. The minimum absolute atomic E-state index is 0.468. The zero-order valence-electron chi connectivity index (χ0n) is 10.6. The van der Waals surface area contributed by atoms with Crippen LogP contribution < -0.4 is 5.32 Å². The summed E-state index contributed by atoms with van der Waals surface area (Å²) in [7, 11) is 2.02. The third-order valence-corrected chi connectivity index (χ3v) is 4.38. The van der Waals surface area contributed by atoms with Crippen LogP contribution >= 0.6 is 27.5 Å². The maximum absolute atomic E-state index is 6.26. The molecule has 0 amide bonds. The van der Waals surface area contributed by atoms with Gasteiger partial charge in [-0.2, -0.15) is 0 Å². The van der Waals surface area contributed by atoms with E-state index < -0.39 is 0 Å². The predicted molar refractivity (Wildman–Crippen MR) is 79.2 cm³/mol. The number of likely N-dealkylation sites (N-methyl/N-ethyl adjacent to an activating group) is 1. The van der Waals surface area contributed by atoms with Gasteiger partial charge in [-0.05, 0) is 49.9 Å². The maximum atomic E-state index is 6.26. The maximum Gasteiger partial charge on any atom is 0.0495 e. The van der Waals surface area contributed by atoms with E-state index in [2.05, 4.69) is 27.3 Å². The fraction of sp³-hybridized carbons (Fsp3) is 0.571. The van der Waals surface area contributed by atoms with E-state index in [1.165, 1.54) is 12.0 Å². The lowest BCUT2D eigenvalue weighted by Gasteiger charge is -2.20. The van der Waals surface area contributed by atoms with Crippen LogP contribution in [-0.2, 0) is 11.2 Å². The van der Waals surface area contributed by atoms with Crippen molar-refractivity contribution in [3.05, 3.63) is 33.3 Å². The second kappa shape index (κ2) is 6.90. The van der Waals surface area contributed by atoms with Crippen molar-refractivity contribution in [2.75, 3.05) is 20.3 Å². The third kappa shape index (κ3) is 3.95. The highest BCUT2D eigenvalue weighted by molar-refractivity contribution is 9.10. The van der Waals surface area contributed by atoms with Crippen molar-refractivity contribution in [1.29, 1.82) is 0 Å². The van der Waals surface area contributed by atoms with E-state index in [4.69, 9.17) is 16.3 Å². The Labute approximate surface area is 122 Å². The lowest BCUT2D eigenvalue weighted by molar-refractivity contribution is 0.181. The van der Waals surface area contributed by atoms with Crippen LogP contribution in [-0.4, -0.2) is 26.3 Å². The minimum Gasteiger partial charge on any atom is -0.381 e. The van der Waals surface area contributed by atoms with E-state index in [1.807, 2.05) is 19.2 Å². The van der Waals surface area contributed by atoms with Crippen molar-refractivity contribution in [2.24, 2.45) is 5.92 Å². The molecule has 1 fully saturated rings. The van der Waals surface area contributed by atoms with Gasteiger partial charge in [-0.15, -0.1) is 0 Å². The molecule has 4 heteroatoms.